The van der Waals surface area contributed by atoms with E-state index in [1.807, 2.05) is 12.3 Å². The molecular weight excluding hydrogens is 266 g/mol. The SMILES string of the molecule is c1c[nH]c(CCCNCc2ccc3c(c2)OCCCO3)n1. The van der Waals surface area contributed by atoms with Crippen molar-refractivity contribution in [1.82, 2.24) is 15.3 Å². The van der Waals surface area contributed by atoms with Crippen LogP contribution in [0.25, 0.3) is 0 Å². The Balaban J connectivity index is 1.44. The summed E-state index contributed by atoms with van der Waals surface area (Å²) in [7, 11) is 0. The van der Waals surface area contributed by atoms with Gasteiger partial charge in [-0.25, -0.2) is 4.98 Å². The normalized spacial score (nSPS) is 13.9. The van der Waals surface area contributed by atoms with Gasteiger partial charge in [0.15, 0.2) is 11.5 Å². The van der Waals surface area contributed by atoms with Crippen LogP contribution in [0.4, 0.5) is 0 Å². The van der Waals surface area contributed by atoms with E-state index in [9.17, 15) is 0 Å². The number of nitrogens with one attached hydrogen (secondary N) is 2. The fraction of sp³-hybridized carbons (Fsp3) is 0.438. The Morgan fingerprint density at radius 1 is 1.19 bits per heavy atom. The number of hydrogen-bond acceptors (Lipinski definition) is 4. The van der Waals surface area contributed by atoms with Crippen LogP contribution in [-0.4, -0.2) is 29.7 Å². The predicted octanol–water partition coefficient (Wildman–Crippen LogP) is 2.29. The number of aryl methyl sites for hydroxylation is 1. The summed E-state index contributed by atoms with van der Waals surface area (Å²) in [6.45, 7) is 3.27. The van der Waals surface area contributed by atoms with Gasteiger partial charge in [-0.1, -0.05) is 6.07 Å². The summed E-state index contributed by atoms with van der Waals surface area (Å²) >= 11 is 0. The van der Waals surface area contributed by atoms with Crippen LogP contribution < -0.4 is 14.8 Å². The van der Waals surface area contributed by atoms with Crippen molar-refractivity contribution in [2.24, 2.45) is 0 Å². The van der Waals surface area contributed by atoms with E-state index in [-0.39, 0.29) is 0 Å². The lowest BCUT2D eigenvalue weighted by Gasteiger charge is -2.10. The third-order valence-electron chi connectivity index (χ3n) is 3.46. The molecule has 0 bridgehead atoms. The van der Waals surface area contributed by atoms with Crippen molar-refractivity contribution < 1.29 is 9.47 Å². The van der Waals surface area contributed by atoms with Crippen molar-refractivity contribution in [1.29, 1.82) is 0 Å². The molecule has 0 spiro atoms. The summed E-state index contributed by atoms with van der Waals surface area (Å²) < 4.78 is 11.3. The number of H-pyrrole nitrogens is 1. The second-order valence-corrected chi connectivity index (χ2v) is 5.15. The first-order valence-electron chi connectivity index (χ1n) is 7.49. The Morgan fingerprint density at radius 3 is 2.95 bits per heavy atom. The van der Waals surface area contributed by atoms with Crippen LogP contribution in [0.1, 0.15) is 24.2 Å². The van der Waals surface area contributed by atoms with Gasteiger partial charge in [0.1, 0.15) is 5.82 Å². The van der Waals surface area contributed by atoms with Gasteiger partial charge in [-0.05, 0) is 30.7 Å². The summed E-state index contributed by atoms with van der Waals surface area (Å²) in [5, 5.41) is 3.45. The van der Waals surface area contributed by atoms with Crippen molar-refractivity contribution >= 4 is 0 Å². The lowest BCUT2D eigenvalue weighted by atomic mass is 10.2. The van der Waals surface area contributed by atoms with Gasteiger partial charge in [-0.15, -0.1) is 0 Å². The second kappa shape index (κ2) is 7.13. The van der Waals surface area contributed by atoms with Crippen molar-refractivity contribution in [3.63, 3.8) is 0 Å². The molecule has 1 aromatic heterocycles. The molecule has 2 aromatic rings. The molecule has 5 nitrogen and oxygen atoms in total. The molecule has 1 aliphatic heterocycles. The largest absolute Gasteiger partial charge is 0.490 e. The zero-order chi connectivity index (χ0) is 14.3. The number of aromatic nitrogens is 2. The number of nitrogens with zero attached hydrogens (tertiary/aromatic N) is 1. The van der Waals surface area contributed by atoms with Gasteiger partial charge in [0.2, 0.25) is 0 Å². The number of benzene rings is 1. The number of ether oxygens (including phenoxy) is 2. The fourth-order valence-corrected chi connectivity index (χ4v) is 2.37. The van der Waals surface area contributed by atoms with Crippen LogP contribution in [0.3, 0.4) is 0 Å². The van der Waals surface area contributed by atoms with Crippen LogP contribution in [0, 0.1) is 0 Å². The van der Waals surface area contributed by atoms with Gasteiger partial charge in [-0.3, -0.25) is 0 Å². The first-order chi connectivity index (χ1) is 10.4. The highest BCUT2D eigenvalue weighted by molar-refractivity contribution is 5.43. The van der Waals surface area contributed by atoms with Gasteiger partial charge >= 0.3 is 0 Å². The Labute approximate surface area is 124 Å². The van der Waals surface area contributed by atoms with Crippen LogP contribution in [0.2, 0.25) is 0 Å². The van der Waals surface area contributed by atoms with Gasteiger partial charge in [0.05, 0.1) is 13.2 Å². The summed E-state index contributed by atoms with van der Waals surface area (Å²) in [6, 6.07) is 6.16. The molecule has 0 aliphatic carbocycles. The van der Waals surface area contributed by atoms with E-state index in [0.29, 0.717) is 0 Å². The molecule has 0 unspecified atom stereocenters. The zero-order valence-electron chi connectivity index (χ0n) is 12.1. The Kier molecular flexibility index (Phi) is 4.74. The van der Waals surface area contributed by atoms with E-state index in [1.54, 1.807) is 6.20 Å². The average molecular weight is 287 g/mol. The van der Waals surface area contributed by atoms with Gasteiger partial charge in [0, 0.05) is 31.8 Å². The lowest BCUT2D eigenvalue weighted by molar-refractivity contribution is 0.297. The highest BCUT2D eigenvalue weighted by Gasteiger charge is 2.10. The molecular formula is C16H21N3O2. The van der Waals surface area contributed by atoms with Crippen LogP contribution in [0.5, 0.6) is 11.5 Å². The molecule has 5 heteroatoms. The molecule has 0 atom stereocenters. The molecule has 1 aliphatic rings. The highest BCUT2D eigenvalue weighted by Crippen LogP contribution is 2.30. The maximum Gasteiger partial charge on any atom is 0.161 e. The first kappa shape index (κ1) is 13.9. The molecule has 0 amide bonds. The van der Waals surface area contributed by atoms with E-state index in [1.165, 1.54) is 5.56 Å². The number of rotatable bonds is 6. The van der Waals surface area contributed by atoms with Crippen molar-refractivity contribution in [3.05, 3.63) is 42.0 Å². The molecule has 2 heterocycles. The summed E-state index contributed by atoms with van der Waals surface area (Å²) in [4.78, 5) is 7.33. The molecule has 0 saturated heterocycles. The number of hydrogen-bond donors (Lipinski definition) is 2. The van der Waals surface area contributed by atoms with Crippen molar-refractivity contribution in [3.8, 4) is 11.5 Å². The minimum absolute atomic E-state index is 0.729. The van der Waals surface area contributed by atoms with Crippen molar-refractivity contribution in [2.45, 2.75) is 25.8 Å². The molecule has 0 saturated carbocycles. The van der Waals surface area contributed by atoms with Crippen LogP contribution in [-0.2, 0) is 13.0 Å². The number of imidazole rings is 1. The zero-order valence-corrected chi connectivity index (χ0v) is 12.1. The van der Waals surface area contributed by atoms with Crippen molar-refractivity contribution in [2.75, 3.05) is 19.8 Å². The van der Waals surface area contributed by atoms with Gasteiger partial charge in [0.25, 0.3) is 0 Å². The quantitative estimate of drug-likeness (QED) is 0.800. The van der Waals surface area contributed by atoms with E-state index < -0.39 is 0 Å². The Hall–Kier alpha value is -2.01. The number of fused-ring (bicyclic) bond motifs is 1. The molecule has 0 fully saturated rings. The number of aromatic amines is 1. The fourth-order valence-electron chi connectivity index (χ4n) is 2.37. The molecule has 21 heavy (non-hydrogen) atoms. The standard InChI is InChI=1S/C16H21N3O2/c1(3-16-18-7-8-19-16)6-17-12-13-4-5-14-15(11-13)21-10-2-9-20-14/h4-5,7-8,11,17H,1-3,6,9-10,12H2,(H,18,19). The highest BCUT2D eigenvalue weighted by atomic mass is 16.5. The predicted molar refractivity (Wildman–Crippen MR) is 80.7 cm³/mol. The van der Waals surface area contributed by atoms with E-state index in [2.05, 4.69) is 27.4 Å². The summed E-state index contributed by atoms with van der Waals surface area (Å²) in [5.74, 6) is 2.77. The molecule has 0 radical (unpaired) electrons. The second-order valence-electron chi connectivity index (χ2n) is 5.15. The minimum Gasteiger partial charge on any atom is -0.490 e. The average Bonchev–Trinajstić information content (AvgIpc) is 2.91. The summed E-state index contributed by atoms with van der Waals surface area (Å²) in [6.07, 6.45) is 6.63. The van der Waals surface area contributed by atoms with E-state index in [0.717, 1.165) is 62.9 Å². The summed E-state index contributed by atoms with van der Waals surface area (Å²) in [5.41, 5.74) is 1.22. The first-order valence-corrected chi connectivity index (χ1v) is 7.49. The lowest BCUT2D eigenvalue weighted by Crippen LogP contribution is -2.15. The molecule has 112 valence electrons. The van der Waals surface area contributed by atoms with E-state index >= 15 is 0 Å². The van der Waals surface area contributed by atoms with Gasteiger partial charge < -0.3 is 19.8 Å². The molecule has 3 rings (SSSR count). The smallest absolute Gasteiger partial charge is 0.161 e. The third kappa shape index (κ3) is 3.98. The molecule has 1 aromatic carbocycles. The monoisotopic (exact) mass is 287 g/mol. The Morgan fingerprint density at radius 2 is 2.10 bits per heavy atom. The van der Waals surface area contributed by atoms with Gasteiger partial charge in [-0.2, -0.15) is 0 Å². The maximum atomic E-state index is 5.70. The van der Waals surface area contributed by atoms with Crippen LogP contribution >= 0.6 is 0 Å². The molecule has 2 N–H and O–H groups in total. The van der Waals surface area contributed by atoms with E-state index in [4.69, 9.17) is 9.47 Å². The topological polar surface area (TPSA) is 59.2 Å². The maximum absolute atomic E-state index is 5.70. The third-order valence-corrected chi connectivity index (χ3v) is 3.46. The van der Waals surface area contributed by atoms with Crippen LogP contribution in [0.15, 0.2) is 30.6 Å². The Bertz CT molecular complexity index is 555. The minimum atomic E-state index is 0.729.